The molecule has 0 aliphatic rings. The molecule has 0 fully saturated rings. The maximum atomic E-state index is 12.2. The average molecular weight is 390 g/mol. The van der Waals surface area contributed by atoms with Gasteiger partial charge in [0.1, 0.15) is 10.8 Å². The van der Waals surface area contributed by atoms with Gasteiger partial charge in [-0.1, -0.05) is 45.5 Å². The Kier molecular flexibility index (Phi) is 4.68. The highest BCUT2D eigenvalue weighted by atomic mass is 79.9. The van der Waals surface area contributed by atoms with E-state index in [1.54, 1.807) is 31.4 Å². The fourth-order valence-electron chi connectivity index (χ4n) is 1.92. The molecule has 0 aliphatic heterocycles. The zero-order valence-electron chi connectivity index (χ0n) is 12.1. The molecular formula is C16H12BrN3O2S. The molecule has 23 heavy (non-hydrogen) atoms. The summed E-state index contributed by atoms with van der Waals surface area (Å²) in [4.78, 5) is 12.2. The average Bonchev–Trinajstić information content (AvgIpc) is 3.04. The SMILES string of the molecule is COc1cccc(C(=O)Nc2nnc(-c3ccc(Br)cc3)s2)c1. The minimum Gasteiger partial charge on any atom is -0.497 e. The van der Waals surface area contributed by atoms with E-state index in [-0.39, 0.29) is 5.91 Å². The van der Waals surface area contributed by atoms with Crippen LogP contribution < -0.4 is 10.1 Å². The van der Waals surface area contributed by atoms with Crippen LogP contribution in [-0.2, 0) is 0 Å². The molecule has 0 bridgehead atoms. The number of nitrogens with zero attached hydrogens (tertiary/aromatic N) is 2. The normalized spacial score (nSPS) is 10.3. The number of nitrogens with one attached hydrogen (secondary N) is 1. The summed E-state index contributed by atoms with van der Waals surface area (Å²) in [7, 11) is 1.56. The monoisotopic (exact) mass is 389 g/mol. The van der Waals surface area contributed by atoms with Gasteiger partial charge in [0.15, 0.2) is 0 Å². The zero-order chi connectivity index (χ0) is 16.2. The van der Waals surface area contributed by atoms with E-state index in [0.717, 1.165) is 15.0 Å². The topological polar surface area (TPSA) is 64.1 Å². The third-order valence-electron chi connectivity index (χ3n) is 3.07. The maximum Gasteiger partial charge on any atom is 0.257 e. The molecule has 2 aromatic carbocycles. The molecule has 0 saturated carbocycles. The van der Waals surface area contributed by atoms with E-state index >= 15 is 0 Å². The Bertz CT molecular complexity index is 833. The van der Waals surface area contributed by atoms with Gasteiger partial charge in [0.05, 0.1) is 7.11 Å². The Hall–Kier alpha value is -2.25. The number of amides is 1. The van der Waals surface area contributed by atoms with Crippen molar-refractivity contribution in [1.29, 1.82) is 0 Å². The lowest BCUT2D eigenvalue weighted by atomic mass is 10.2. The number of methoxy groups -OCH3 is 1. The Morgan fingerprint density at radius 3 is 2.70 bits per heavy atom. The molecule has 1 amide bonds. The van der Waals surface area contributed by atoms with Gasteiger partial charge in [-0.2, -0.15) is 0 Å². The third kappa shape index (κ3) is 3.75. The van der Waals surface area contributed by atoms with Gasteiger partial charge in [-0.05, 0) is 30.3 Å². The van der Waals surface area contributed by atoms with Crippen molar-refractivity contribution >= 4 is 38.3 Å². The van der Waals surface area contributed by atoms with Crippen molar-refractivity contribution in [3.05, 3.63) is 58.6 Å². The smallest absolute Gasteiger partial charge is 0.257 e. The van der Waals surface area contributed by atoms with Gasteiger partial charge in [-0.3, -0.25) is 10.1 Å². The van der Waals surface area contributed by atoms with Crippen molar-refractivity contribution in [2.45, 2.75) is 0 Å². The lowest BCUT2D eigenvalue weighted by Crippen LogP contribution is -2.11. The summed E-state index contributed by atoms with van der Waals surface area (Å²) in [5, 5.41) is 12.1. The van der Waals surface area contributed by atoms with Crippen LogP contribution in [0.2, 0.25) is 0 Å². The summed E-state index contributed by atoms with van der Waals surface area (Å²) in [6.07, 6.45) is 0. The van der Waals surface area contributed by atoms with E-state index < -0.39 is 0 Å². The predicted octanol–water partition coefficient (Wildman–Crippen LogP) is 4.23. The van der Waals surface area contributed by atoms with E-state index in [2.05, 4.69) is 31.4 Å². The number of carbonyl (C=O) groups is 1. The highest BCUT2D eigenvalue weighted by Crippen LogP contribution is 2.27. The highest BCUT2D eigenvalue weighted by molar-refractivity contribution is 9.10. The summed E-state index contributed by atoms with van der Waals surface area (Å²) >= 11 is 4.72. The number of aromatic nitrogens is 2. The lowest BCUT2D eigenvalue weighted by molar-refractivity contribution is 0.102. The molecule has 0 aliphatic carbocycles. The molecule has 0 saturated heterocycles. The van der Waals surface area contributed by atoms with E-state index in [9.17, 15) is 4.79 Å². The maximum absolute atomic E-state index is 12.2. The van der Waals surface area contributed by atoms with Crippen LogP contribution in [0.15, 0.2) is 53.0 Å². The first-order valence-corrected chi connectivity index (χ1v) is 8.31. The van der Waals surface area contributed by atoms with Gasteiger partial charge in [0, 0.05) is 15.6 Å². The molecule has 116 valence electrons. The fraction of sp³-hybridized carbons (Fsp3) is 0.0625. The summed E-state index contributed by atoms with van der Waals surface area (Å²) in [6, 6.07) is 14.7. The second-order valence-corrected chi connectivity index (χ2v) is 6.50. The second kappa shape index (κ2) is 6.89. The van der Waals surface area contributed by atoms with E-state index in [1.165, 1.54) is 11.3 Å². The standard InChI is InChI=1S/C16H12BrN3O2S/c1-22-13-4-2-3-11(9-13)14(21)18-16-20-19-15(23-16)10-5-7-12(17)8-6-10/h2-9H,1H3,(H,18,20,21). The molecule has 0 spiro atoms. The molecule has 1 N–H and O–H groups in total. The number of anilines is 1. The van der Waals surface area contributed by atoms with Crippen LogP contribution in [-0.4, -0.2) is 23.2 Å². The van der Waals surface area contributed by atoms with Crippen LogP contribution in [0.3, 0.4) is 0 Å². The molecule has 1 aromatic heterocycles. The molecular weight excluding hydrogens is 378 g/mol. The Morgan fingerprint density at radius 2 is 1.96 bits per heavy atom. The minimum absolute atomic E-state index is 0.248. The van der Waals surface area contributed by atoms with Crippen LogP contribution in [0.1, 0.15) is 10.4 Å². The largest absolute Gasteiger partial charge is 0.497 e. The fourth-order valence-corrected chi connectivity index (χ4v) is 2.92. The van der Waals surface area contributed by atoms with Crippen molar-refractivity contribution in [3.63, 3.8) is 0 Å². The number of hydrogen-bond acceptors (Lipinski definition) is 5. The van der Waals surface area contributed by atoms with Crippen LogP contribution >= 0.6 is 27.3 Å². The van der Waals surface area contributed by atoms with Crippen LogP contribution in [0.4, 0.5) is 5.13 Å². The number of carbonyl (C=O) groups excluding carboxylic acids is 1. The summed E-state index contributed by atoms with van der Waals surface area (Å²) in [6.45, 7) is 0. The van der Waals surface area contributed by atoms with Gasteiger partial charge < -0.3 is 4.74 Å². The third-order valence-corrected chi connectivity index (χ3v) is 4.48. The zero-order valence-corrected chi connectivity index (χ0v) is 14.5. The number of ether oxygens (including phenoxy) is 1. The van der Waals surface area contributed by atoms with E-state index in [4.69, 9.17) is 4.74 Å². The predicted molar refractivity (Wildman–Crippen MR) is 94.0 cm³/mol. The first kappa shape index (κ1) is 15.6. The van der Waals surface area contributed by atoms with Gasteiger partial charge in [-0.15, -0.1) is 10.2 Å². The van der Waals surface area contributed by atoms with Gasteiger partial charge in [-0.25, -0.2) is 0 Å². The van der Waals surface area contributed by atoms with Gasteiger partial charge >= 0.3 is 0 Å². The Morgan fingerprint density at radius 1 is 1.17 bits per heavy atom. The summed E-state index contributed by atoms with van der Waals surface area (Å²) in [5.74, 6) is 0.382. The molecule has 0 atom stereocenters. The Labute approximate surface area is 145 Å². The van der Waals surface area contributed by atoms with Crippen LogP contribution in [0.5, 0.6) is 5.75 Å². The lowest BCUT2D eigenvalue weighted by Gasteiger charge is -2.03. The minimum atomic E-state index is -0.248. The molecule has 0 radical (unpaired) electrons. The Balaban J connectivity index is 1.75. The van der Waals surface area contributed by atoms with Gasteiger partial charge in [0.2, 0.25) is 5.13 Å². The van der Waals surface area contributed by atoms with Crippen molar-refractivity contribution in [3.8, 4) is 16.3 Å². The molecule has 3 aromatic rings. The summed E-state index contributed by atoms with van der Waals surface area (Å²) in [5.41, 5.74) is 1.46. The van der Waals surface area contributed by atoms with Crippen LogP contribution in [0.25, 0.3) is 10.6 Å². The molecule has 0 unspecified atom stereocenters. The van der Waals surface area contributed by atoms with Crippen molar-refractivity contribution < 1.29 is 9.53 Å². The molecule has 5 nitrogen and oxygen atoms in total. The van der Waals surface area contributed by atoms with Crippen molar-refractivity contribution in [1.82, 2.24) is 10.2 Å². The summed E-state index contributed by atoms with van der Waals surface area (Å²) < 4.78 is 6.12. The first-order valence-electron chi connectivity index (χ1n) is 6.70. The molecule has 1 heterocycles. The quantitative estimate of drug-likeness (QED) is 0.724. The second-order valence-electron chi connectivity index (χ2n) is 4.61. The van der Waals surface area contributed by atoms with Crippen molar-refractivity contribution in [2.24, 2.45) is 0 Å². The van der Waals surface area contributed by atoms with Crippen LogP contribution in [0, 0.1) is 0 Å². The molecule has 3 rings (SSSR count). The van der Waals surface area contributed by atoms with E-state index in [1.807, 2.05) is 24.3 Å². The number of halogens is 1. The van der Waals surface area contributed by atoms with Gasteiger partial charge in [0.25, 0.3) is 5.91 Å². The number of hydrogen-bond donors (Lipinski definition) is 1. The highest BCUT2D eigenvalue weighted by Gasteiger charge is 2.12. The van der Waals surface area contributed by atoms with E-state index in [0.29, 0.717) is 16.4 Å². The number of benzene rings is 2. The number of rotatable bonds is 4. The van der Waals surface area contributed by atoms with Crippen molar-refractivity contribution in [2.75, 3.05) is 12.4 Å². The first-order chi connectivity index (χ1) is 11.2. The molecule has 7 heteroatoms.